The molecule has 0 unspecified atom stereocenters. The summed E-state index contributed by atoms with van der Waals surface area (Å²) in [5.74, 6) is 0. The van der Waals surface area contributed by atoms with Crippen molar-refractivity contribution in [3.8, 4) is 0 Å². The van der Waals surface area contributed by atoms with Crippen LogP contribution in [-0.2, 0) is 20.8 Å². The number of hydrogen-bond acceptors (Lipinski definition) is 4. The summed E-state index contributed by atoms with van der Waals surface area (Å²) < 4.78 is 16.6. The molecule has 6 heteroatoms. The molecule has 1 amide bonds. The lowest BCUT2D eigenvalue weighted by Crippen LogP contribution is -2.47. The van der Waals surface area contributed by atoms with Gasteiger partial charge in [0, 0.05) is 6.61 Å². The molecule has 0 saturated carbocycles. The molecular weight excluding hydrogens is 269 g/mol. The van der Waals surface area contributed by atoms with Crippen LogP contribution in [0.25, 0.3) is 0 Å². The summed E-state index contributed by atoms with van der Waals surface area (Å²) in [5.41, 5.74) is 1.60. The number of carbonyl (C=O) groups excluding carboxylic acids is 1. The highest BCUT2D eigenvalue weighted by molar-refractivity contribution is 6.32. The zero-order chi connectivity index (χ0) is 14.8. The third-order valence-corrected chi connectivity index (χ3v) is 4.02. The Morgan fingerprint density at radius 1 is 1.38 bits per heavy atom. The Labute approximate surface area is 125 Å². The topological polar surface area (TPSA) is 48.0 Å². The van der Waals surface area contributed by atoms with E-state index in [1.54, 1.807) is 17.0 Å². The molecule has 0 aliphatic carbocycles. The van der Waals surface area contributed by atoms with E-state index >= 15 is 0 Å². The SMILES string of the molecule is [B-]c1ccc(COC(=O)N2CO[C@@H]3[C@H](C)OCC[C@@H]32)cc1. The van der Waals surface area contributed by atoms with E-state index < -0.39 is 0 Å². The molecule has 2 aliphatic rings. The first-order chi connectivity index (χ1) is 10.1. The quantitative estimate of drug-likeness (QED) is 0.760. The van der Waals surface area contributed by atoms with Crippen molar-refractivity contribution in [2.24, 2.45) is 0 Å². The van der Waals surface area contributed by atoms with Crippen LogP contribution in [-0.4, -0.2) is 50.4 Å². The van der Waals surface area contributed by atoms with E-state index in [1.807, 2.05) is 19.1 Å². The van der Waals surface area contributed by atoms with Gasteiger partial charge >= 0.3 is 6.09 Å². The Balaban J connectivity index is 1.57. The van der Waals surface area contributed by atoms with Gasteiger partial charge in [-0.3, -0.25) is 4.90 Å². The van der Waals surface area contributed by atoms with E-state index in [1.165, 1.54) is 0 Å². The summed E-state index contributed by atoms with van der Waals surface area (Å²) in [6, 6.07) is 7.33. The highest BCUT2D eigenvalue weighted by Gasteiger charge is 2.44. The smallest absolute Gasteiger partial charge is 0.412 e. The Kier molecular flexibility index (Phi) is 4.17. The first-order valence-electron chi connectivity index (χ1n) is 7.16. The lowest BCUT2D eigenvalue weighted by atomic mass is 9.95. The van der Waals surface area contributed by atoms with Crippen molar-refractivity contribution in [1.29, 1.82) is 0 Å². The monoisotopic (exact) mass is 287 g/mol. The van der Waals surface area contributed by atoms with E-state index in [2.05, 4.69) is 0 Å². The number of carbonyl (C=O) groups is 1. The molecule has 0 bridgehead atoms. The highest BCUT2D eigenvalue weighted by atomic mass is 16.6. The predicted molar refractivity (Wildman–Crippen MR) is 77.4 cm³/mol. The van der Waals surface area contributed by atoms with Gasteiger partial charge in [-0.25, -0.2) is 4.79 Å². The van der Waals surface area contributed by atoms with Gasteiger partial charge in [-0.1, -0.05) is 12.1 Å². The number of hydrogen-bond donors (Lipinski definition) is 0. The summed E-state index contributed by atoms with van der Waals surface area (Å²) in [4.78, 5) is 13.9. The van der Waals surface area contributed by atoms with Gasteiger partial charge in [-0.15, -0.1) is 12.1 Å². The standard InChI is InChI=1S/C15H18BNO4/c1-10-14-13(6-7-19-10)17(9-21-14)15(18)20-8-11-2-4-12(16)5-3-11/h2-5,10,13-14H,6-9H2,1H3/q-1/t10-,13-,14+/m0/s1. The summed E-state index contributed by atoms with van der Waals surface area (Å²) in [7, 11) is 5.62. The summed E-state index contributed by atoms with van der Waals surface area (Å²) >= 11 is 0. The maximum atomic E-state index is 12.2. The second-order valence-electron chi connectivity index (χ2n) is 5.46. The Hall–Kier alpha value is -1.53. The van der Waals surface area contributed by atoms with Gasteiger partial charge in [0.25, 0.3) is 0 Å². The average Bonchev–Trinajstić information content (AvgIpc) is 2.92. The Morgan fingerprint density at radius 2 is 2.14 bits per heavy atom. The van der Waals surface area contributed by atoms with Crippen molar-refractivity contribution in [2.75, 3.05) is 13.3 Å². The van der Waals surface area contributed by atoms with E-state index in [0.29, 0.717) is 12.1 Å². The summed E-state index contributed by atoms with van der Waals surface area (Å²) in [6.07, 6.45) is 0.404. The zero-order valence-electron chi connectivity index (χ0n) is 12.0. The van der Waals surface area contributed by atoms with Crippen molar-refractivity contribution in [3.63, 3.8) is 0 Å². The first-order valence-corrected chi connectivity index (χ1v) is 7.16. The van der Waals surface area contributed by atoms with Crippen LogP contribution in [0.3, 0.4) is 0 Å². The molecule has 21 heavy (non-hydrogen) atoms. The third kappa shape index (κ3) is 3.06. The number of nitrogens with zero attached hydrogens (tertiary/aromatic N) is 1. The van der Waals surface area contributed by atoms with Crippen molar-refractivity contribution in [3.05, 3.63) is 29.8 Å². The zero-order valence-corrected chi connectivity index (χ0v) is 12.0. The fourth-order valence-corrected chi connectivity index (χ4v) is 2.82. The highest BCUT2D eigenvalue weighted by Crippen LogP contribution is 2.28. The fraction of sp³-hybridized carbons (Fsp3) is 0.533. The molecule has 1 aromatic carbocycles. The molecule has 3 rings (SSSR count). The van der Waals surface area contributed by atoms with Crippen LogP contribution in [0.2, 0.25) is 0 Å². The lowest BCUT2D eigenvalue weighted by molar-refractivity contribution is -0.0732. The fourth-order valence-electron chi connectivity index (χ4n) is 2.82. The predicted octanol–water partition coefficient (Wildman–Crippen LogP) is 0.953. The molecule has 3 atom stereocenters. The second kappa shape index (κ2) is 6.07. The lowest BCUT2D eigenvalue weighted by Gasteiger charge is -2.32. The molecule has 0 N–H and O–H groups in total. The Bertz CT molecular complexity index is 507. The number of benzene rings is 1. The minimum absolute atomic E-state index is 0.0126. The molecule has 0 aromatic heterocycles. The number of amides is 1. The van der Waals surface area contributed by atoms with E-state index in [0.717, 1.165) is 12.0 Å². The maximum absolute atomic E-state index is 12.2. The van der Waals surface area contributed by atoms with E-state index in [-0.39, 0.29) is 37.7 Å². The molecular formula is C15H18BNO4-. The molecule has 5 nitrogen and oxygen atoms in total. The van der Waals surface area contributed by atoms with Crippen LogP contribution in [0.15, 0.2) is 24.3 Å². The number of fused-ring (bicyclic) bond motifs is 1. The van der Waals surface area contributed by atoms with Crippen LogP contribution in [0, 0.1) is 0 Å². The van der Waals surface area contributed by atoms with Crippen molar-refractivity contribution in [2.45, 2.75) is 38.2 Å². The molecule has 2 aliphatic heterocycles. The van der Waals surface area contributed by atoms with Crippen LogP contribution in [0.1, 0.15) is 18.9 Å². The normalized spacial score (nSPS) is 28.3. The molecule has 3 radical (unpaired) electrons. The van der Waals surface area contributed by atoms with Gasteiger partial charge in [0.05, 0.1) is 12.1 Å². The van der Waals surface area contributed by atoms with Crippen molar-refractivity contribution in [1.82, 2.24) is 4.90 Å². The average molecular weight is 287 g/mol. The van der Waals surface area contributed by atoms with Crippen LogP contribution in [0.4, 0.5) is 4.79 Å². The number of ether oxygens (including phenoxy) is 3. The van der Waals surface area contributed by atoms with Gasteiger partial charge in [0.2, 0.25) is 0 Å². The molecule has 2 fully saturated rings. The molecule has 2 saturated heterocycles. The van der Waals surface area contributed by atoms with Crippen LogP contribution < -0.4 is 5.46 Å². The van der Waals surface area contributed by atoms with Crippen LogP contribution >= 0.6 is 0 Å². The van der Waals surface area contributed by atoms with Gasteiger partial charge < -0.3 is 27.5 Å². The molecule has 2 heterocycles. The molecule has 1 aromatic rings. The van der Waals surface area contributed by atoms with Crippen molar-refractivity contribution < 1.29 is 19.0 Å². The van der Waals surface area contributed by atoms with Gasteiger partial charge in [0.1, 0.15) is 19.4 Å². The maximum Gasteiger partial charge on any atom is 0.412 e. The van der Waals surface area contributed by atoms with Gasteiger partial charge in [-0.05, 0) is 18.9 Å². The summed E-state index contributed by atoms with van der Waals surface area (Å²) in [6.45, 7) is 3.12. The van der Waals surface area contributed by atoms with Crippen LogP contribution in [0.5, 0.6) is 0 Å². The van der Waals surface area contributed by atoms with Crippen molar-refractivity contribution >= 4 is 19.4 Å². The number of rotatable bonds is 2. The van der Waals surface area contributed by atoms with E-state index in [4.69, 9.17) is 22.1 Å². The third-order valence-electron chi connectivity index (χ3n) is 4.02. The second-order valence-corrected chi connectivity index (χ2v) is 5.46. The Morgan fingerprint density at radius 3 is 2.90 bits per heavy atom. The first kappa shape index (κ1) is 14.4. The summed E-state index contributed by atoms with van der Waals surface area (Å²) in [5, 5.41) is 0. The minimum atomic E-state index is -0.339. The van der Waals surface area contributed by atoms with Gasteiger partial charge in [-0.2, -0.15) is 0 Å². The largest absolute Gasteiger partial charge is 0.580 e. The minimum Gasteiger partial charge on any atom is -0.580 e. The molecule has 111 valence electrons. The van der Waals surface area contributed by atoms with E-state index in [9.17, 15) is 4.79 Å². The van der Waals surface area contributed by atoms with Gasteiger partial charge in [0.15, 0.2) is 0 Å². The molecule has 0 spiro atoms.